The summed E-state index contributed by atoms with van der Waals surface area (Å²) < 4.78 is 38.8. The number of piperidine rings is 1. The molecule has 3 N–H and O–H groups in total. The van der Waals surface area contributed by atoms with Crippen LogP contribution in [0.1, 0.15) is 70.0 Å². The molecule has 0 bridgehead atoms. The van der Waals surface area contributed by atoms with Gasteiger partial charge in [-0.1, -0.05) is 26.2 Å². The van der Waals surface area contributed by atoms with E-state index in [-0.39, 0.29) is 36.6 Å². The molecular weight excluding hydrogens is 494 g/mol. The molecule has 2 aliphatic rings. The maximum absolute atomic E-state index is 14.1. The average molecular weight is 539 g/mol. The number of benzene rings is 1. The van der Waals surface area contributed by atoms with Gasteiger partial charge in [0, 0.05) is 44.2 Å². The lowest BCUT2D eigenvalue weighted by atomic mass is 9.72. The number of methoxy groups -OCH3 is 1. The summed E-state index contributed by atoms with van der Waals surface area (Å²) in [4.78, 5) is 26.5. The van der Waals surface area contributed by atoms with Crippen LogP contribution in [-0.2, 0) is 9.47 Å². The number of rotatable bonds is 11. The Morgan fingerprint density at radius 2 is 1.84 bits per heavy atom. The van der Waals surface area contributed by atoms with Gasteiger partial charge in [-0.3, -0.25) is 0 Å². The second kappa shape index (κ2) is 14.6. The van der Waals surface area contributed by atoms with Crippen molar-refractivity contribution < 1.29 is 27.8 Å². The van der Waals surface area contributed by atoms with E-state index in [9.17, 15) is 18.4 Å². The van der Waals surface area contributed by atoms with Gasteiger partial charge in [0.05, 0.1) is 19.8 Å². The van der Waals surface area contributed by atoms with Gasteiger partial charge in [-0.25, -0.2) is 18.4 Å². The molecule has 1 aliphatic carbocycles. The Hall–Kier alpha value is -2.46. The lowest BCUT2D eigenvalue weighted by Crippen LogP contribution is -2.52. The minimum absolute atomic E-state index is 0.0183. The molecule has 1 aromatic carbocycles. The van der Waals surface area contributed by atoms with Crippen LogP contribution >= 0.6 is 0 Å². The Balaban J connectivity index is 1.67. The van der Waals surface area contributed by atoms with Crippen LogP contribution in [0.15, 0.2) is 18.2 Å². The highest BCUT2D eigenvalue weighted by molar-refractivity contribution is 5.74. The Kier molecular flexibility index (Phi) is 11.6. The molecule has 1 saturated carbocycles. The van der Waals surface area contributed by atoms with Crippen molar-refractivity contribution in [2.75, 3.05) is 46.9 Å². The van der Waals surface area contributed by atoms with E-state index >= 15 is 0 Å². The number of halogens is 2. The van der Waals surface area contributed by atoms with Crippen LogP contribution < -0.4 is 16.0 Å². The number of nitrogens with zero attached hydrogens (tertiary/aromatic N) is 1. The van der Waals surface area contributed by atoms with Gasteiger partial charge in [-0.2, -0.15) is 0 Å². The monoisotopic (exact) mass is 538 g/mol. The van der Waals surface area contributed by atoms with E-state index in [4.69, 9.17) is 4.74 Å². The van der Waals surface area contributed by atoms with Gasteiger partial charge in [0.25, 0.3) is 0 Å². The number of nitrogens with one attached hydrogen (secondary N) is 3. The number of likely N-dealkylation sites (tertiary alicyclic amines) is 1. The molecule has 0 aromatic heterocycles. The second-order valence-electron chi connectivity index (χ2n) is 11.0. The molecule has 10 heteroatoms. The highest BCUT2D eigenvalue weighted by atomic mass is 19.1. The lowest BCUT2D eigenvalue weighted by Gasteiger charge is -2.39. The molecule has 214 valence electrons. The molecular formula is C28H44F2N4O4. The Morgan fingerprint density at radius 3 is 2.50 bits per heavy atom. The van der Waals surface area contributed by atoms with Crippen molar-refractivity contribution in [3.8, 4) is 0 Å². The van der Waals surface area contributed by atoms with Crippen molar-refractivity contribution in [1.82, 2.24) is 20.9 Å². The quantitative estimate of drug-likeness (QED) is 0.354. The van der Waals surface area contributed by atoms with Crippen molar-refractivity contribution >= 4 is 12.1 Å². The van der Waals surface area contributed by atoms with Crippen LogP contribution in [0, 0.1) is 23.0 Å². The zero-order valence-corrected chi connectivity index (χ0v) is 23.0. The summed E-state index contributed by atoms with van der Waals surface area (Å²) in [6.07, 6.45) is 7.34. The first-order valence-corrected chi connectivity index (χ1v) is 13.8. The van der Waals surface area contributed by atoms with Crippen molar-refractivity contribution in [2.45, 2.75) is 70.4 Å². The maximum atomic E-state index is 14.1. The lowest BCUT2D eigenvalue weighted by molar-refractivity contribution is -0.00902. The summed E-state index contributed by atoms with van der Waals surface area (Å²) in [5, 5.41) is 9.02. The molecule has 1 aromatic rings. The molecule has 8 nitrogen and oxygen atoms in total. The van der Waals surface area contributed by atoms with Crippen LogP contribution in [0.25, 0.3) is 0 Å². The van der Waals surface area contributed by atoms with Crippen molar-refractivity contribution in [2.24, 2.45) is 11.3 Å². The topological polar surface area (TPSA) is 91.9 Å². The van der Waals surface area contributed by atoms with Gasteiger partial charge in [0.2, 0.25) is 0 Å². The number of ether oxygens (including phenoxy) is 2. The SMILES string of the molecule is CNCC(CC1(C)CCCCC1)NC(=O)N1CCCC(C(OCCNC(=O)OC)c2cc(F)cc(F)c2)C1. The third-order valence-electron chi connectivity index (χ3n) is 7.82. The Bertz CT molecular complexity index is 893. The maximum Gasteiger partial charge on any atom is 0.406 e. The summed E-state index contributed by atoms with van der Waals surface area (Å²) >= 11 is 0. The van der Waals surface area contributed by atoms with E-state index in [0.29, 0.717) is 25.2 Å². The average Bonchev–Trinajstić information content (AvgIpc) is 2.88. The molecule has 1 saturated heterocycles. The van der Waals surface area contributed by atoms with Crippen LogP contribution in [0.4, 0.5) is 18.4 Å². The fourth-order valence-electron chi connectivity index (χ4n) is 5.99. The number of urea groups is 1. The summed E-state index contributed by atoms with van der Waals surface area (Å²) in [7, 11) is 3.17. The third-order valence-corrected chi connectivity index (χ3v) is 7.82. The van der Waals surface area contributed by atoms with Gasteiger partial charge in [-0.15, -0.1) is 0 Å². The molecule has 38 heavy (non-hydrogen) atoms. The molecule has 0 radical (unpaired) electrons. The highest BCUT2D eigenvalue weighted by Crippen LogP contribution is 2.39. The number of carbonyl (C=O) groups excluding carboxylic acids is 2. The molecule has 3 amide bonds. The first-order chi connectivity index (χ1) is 18.2. The van der Waals surface area contributed by atoms with Crippen LogP contribution in [0.3, 0.4) is 0 Å². The second-order valence-corrected chi connectivity index (χ2v) is 11.0. The van der Waals surface area contributed by atoms with E-state index in [1.807, 2.05) is 7.05 Å². The van der Waals surface area contributed by atoms with E-state index < -0.39 is 23.8 Å². The molecule has 0 spiro atoms. The summed E-state index contributed by atoms with van der Waals surface area (Å²) in [5.41, 5.74) is 0.613. The highest BCUT2D eigenvalue weighted by Gasteiger charge is 2.34. The number of amides is 3. The number of hydrogen-bond acceptors (Lipinski definition) is 5. The Labute approximate surface area is 225 Å². The van der Waals surface area contributed by atoms with E-state index in [1.165, 1.54) is 51.3 Å². The molecule has 3 atom stereocenters. The summed E-state index contributed by atoms with van der Waals surface area (Å²) in [6.45, 7) is 4.35. The normalized spacial score (nSPS) is 20.9. The van der Waals surface area contributed by atoms with Gasteiger partial charge in [0.1, 0.15) is 11.6 Å². The van der Waals surface area contributed by atoms with Gasteiger partial charge >= 0.3 is 12.1 Å². The minimum atomic E-state index is -0.683. The Morgan fingerprint density at radius 1 is 1.13 bits per heavy atom. The molecule has 1 aliphatic heterocycles. The summed E-state index contributed by atoms with van der Waals surface area (Å²) in [5.74, 6) is -1.52. The van der Waals surface area contributed by atoms with E-state index in [1.54, 1.807) is 4.90 Å². The standard InChI is InChI=1S/C28H44F2N4O4/c1-28(9-5-4-6-10-28)17-24(18-31-2)33-26(35)34-12-7-8-20(19-34)25(38-13-11-32-27(36)37-3)21-14-22(29)16-23(30)15-21/h14-16,20,24-25,31H,4-13,17-19H2,1-3H3,(H,32,36)(H,33,35). The minimum Gasteiger partial charge on any atom is -0.453 e. The van der Waals surface area contributed by atoms with Gasteiger partial charge < -0.3 is 30.3 Å². The summed E-state index contributed by atoms with van der Waals surface area (Å²) in [6, 6.07) is 3.27. The number of alkyl carbamates (subject to hydrolysis) is 1. The van der Waals surface area contributed by atoms with Crippen molar-refractivity contribution in [1.29, 1.82) is 0 Å². The third kappa shape index (κ3) is 9.08. The van der Waals surface area contributed by atoms with Gasteiger partial charge in [0.15, 0.2) is 0 Å². The molecule has 2 fully saturated rings. The predicted molar refractivity (Wildman–Crippen MR) is 142 cm³/mol. The fraction of sp³-hybridized carbons (Fsp3) is 0.714. The first kappa shape index (κ1) is 30.1. The van der Waals surface area contributed by atoms with Crippen molar-refractivity contribution in [3.63, 3.8) is 0 Å². The number of carbonyl (C=O) groups is 2. The van der Waals surface area contributed by atoms with Crippen LogP contribution in [0.2, 0.25) is 0 Å². The number of likely N-dealkylation sites (N-methyl/N-ethyl adjacent to an activating group) is 1. The fourth-order valence-corrected chi connectivity index (χ4v) is 5.99. The first-order valence-electron chi connectivity index (χ1n) is 13.8. The molecule has 3 rings (SSSR count). The molecule has 1 heterocycles. The van der Waals surface area contributed by atoms with Gasteiger partial charge in [-0.05, 0) is 62.3 Å². The molecule has 3 unspecified atom stereocenters. The van der Waals surface area contributed by atoms with Crippen LogP contribution in [-0.4, -0.2) is 70.0 Å². The van der Waals surface area contributed by atoms with Crippen molar-refractivity contribution in [3.05, 3.63) is 35.4 Å². The smallest absolute Gasteiger partial charge is 0.406 e. The zero-order valence-electron chi connectivity index (χ0n) is 23.0. The largest absolute Gasteiger partial charge is 0.453 e. The predicted octanol–water partition coefficient (Wildman–Crippen LogP) is 4.75. The van der Waals surface area contributed by atoms with E-state index in [2.05, 4.69) is 27.6 Å². The zero-order chi connectivity index (χ0) is 27.5. The van der Waals surface area contributed by atoms with Crippen LogP contribution in [0.5, 0.6) is 0 Å². The number of hydrogen-bond donors (Lipinski definition) is 3. The van der Waals surface area contributed by atoms with E-state index in [0.717, 1.165) is 25.3 Å².